The van der Waals surface area contributed by atoms with Crippen LogP contribution in [0, 0.1) is 6.92 Å². The molecule has 82 valence electrons. The Hall–Kier alpha value is -2.37. The highest BCUT2D eigenvalue weighted by Crippen LogP contribution is 2.19. The van der Waals surface area contributed by atoms with Crippen LogP contribution in [0.1, 0.15) is 26.5 Å². The molecule has 0 fully saturated rings. The second kappa shape index (κ2) is 3.34. The van der Waals surface area contributed by atoms with Crippen LogP contribution in [0.25, 0.3) is 11.0 Å². The average molecular weight is 218 g/mol. The normalized spacial score (nSPS) is 10.6. The number of nitrogens with zero attached hydrogens (tertiary/aromatic N) is 1. The second-order valence-electron chi connectivity index (χ2n) is 3.47. The lowest BCUT2D eigenvalue weighted by molar-refractivity contribution is 0.0985. The molecule has 1 aromatic heterocycles. The fraction of sp³-hybridized carbons (Fsp3) is 0.100. The predicted molar refractivity (Wildman–Crippen MR) is 57.9 cm³/mol. The number of nitrogens with two attached hydrogens (primary N) is 2. The molecule has 0 aliphatic rings. The van der Waals surface area contributed by atoms with E-state index in [1.54, 1.807) is 19.1 Å². The van der Waals surface area contributed by atoms with Crippen LogP contribution in [0.3, 0.4) is 0 Å². The minimum atomic E-state index is -0.677. The number of carbonyl (C=O) groups is 2. The Morgan fingerprint density at radius 3 is 2.50 bits per heavy atom. The van der Waals surface area contributed by atoms with Crippen LogP contribution in [0.2, 0.25) is 0 Å². The number of carbonyl (C=O) groups excluding carboxylic acids is 2. The summed E-state index contributed by atoms with van der Waals surface area (Å²) in [6.07, 6.45) is 0. The van der Waals surface area contributed by atoms with Crippen LogP contribution in [0.4, 0.5) is 0 Å². The molecule has 0 saturated carbocycles. The number of H-pyrrole nitrogens is 1. The predicted octanol–water partition coefficient (Wildman–Crippen LogP) is 0.0691. The number of hydrogen-bond acceptors (Lipinski definition) is 3. The van der Waals surface area contributed by atoms with Gasteiger partial charge in [0.1, 0.15) is 5.52 Å². The molecule has 0 aliphatic carbocycles. The molecule has 0 spiro atoms. The number of aromatic amines is 1. The standard InChI is InChI=1S/C10H10N4O2/c1-4-2-3-5-7(6(4)8(11)15)14-10(13-5)9(12)16/h2-3H,1H3,(H2,11,15)(H2,12,16)(H,13,14). The minimum absolute atomic E-state index is 0.0168. The van der Waals surface area contributed by atoms with Crippen LogP contribution < -0.4 is 11.5 Å². The van der Waals surface area contributed by atoms with Crippen molar-refractivity contribution >= 4 is 22.8 Å². The van der Waals surface area contributed by atoms with E-state index >= 15 is 0 Å². The molecular formula is C10H10N4O2. The highest BCUT2D eigenvalue weighted by atomic mass is 16.1. The number of hydrogen-bond donors (Lipinski definition) is 3. The highest BCUT2D eigenvalue weighted by molar-refractivity contribution is 6.06. The molecule has 2 rings (SSSR count). The van der Waals surface area contributed by atoms with Crippen molar-refractivity contribution in [3.05, 3.63) is 29.1 Å². The van der Waals surface area contributed by atoms with Crippen molar-refractivity contribution in [2.24, 2.45) is 11.5 Å². The maximum Gasteiger partial charge on any atom is 0.284 e. The lowest BCUT2D eigenvalue weighted by Gasteiger charge is -2.00. The van der Waals surface area contributed by atoms with Crippen molar-refractivity contribution in [1.29, 1.82) is 0 Å². The van der Waals surface area contributed by atoms with Gasteiger partial charge in [-0.15, -0.1) is 0 Å². The molecule has 0 atom stereocenters. The first-order valence-corrected chi connectivity index (χ1v) is 4.59. The van der Waals surface area contributed by atoms with Crippen LogP contribution in [0.15, 0.2) is 12.1 Å². The van der Waals surface area contributed by atoms with Crippen LogP contribution in [-0.4, -0.2) is 21.8 Å². The van der Waals surface area contributed by atoms with E-state index in [2.05, 4.69) is 9.97 Å². The Labute approximate surface area is 90.6 Å². The van der Waals surface area contributed by atoms with E-state index < -0.39 is 11.8 Å². The average Bonchev–Trinajstić information content (AvgIpc) is 2.60. The van der Waals surface area contributed by atoms with Gasteiger partial charge in [-0.2, -0.15) is 0 Å². The quantitative estimate of drug-likeness (QED) is 0.662. The van der Waals surface area contributed by atoms with E-state index in [1.165, 1.54) is 0 Å². The first-order valence-electron chi connectivity index (χ1n) is 4.59. The van der Waals surface area contributed by atoms with Gasteiger partial charge in [-0.25, -0.2) is 4.98 Å². The van der Waals surface area contributed by atoms with Crippen molar-refractivity contribution in [2.45, 2.75) is 6.92 Å². The van der Waals surface area contributed by atoms with Gasteiger partial charge in [0.2, 0.25) is 0 Å². The Balaban J connectivity index is 2.82. The zero-order chi connectivity index (χ0) is 11.9. The minimum Gasteiger partial charge on any atom is -0.366 e. The van der Waals surface area contributed by atoms with E-state index in [0.29, 0.717) is 22.2 Å². The molecule has 1 aromatic carbocycles. The smallest absolute Gasteiger partial charge is 0.284 e. The van der Waals surface area contributed by atoms with Gasteiger partial charge in [-0.05, 0) is 18.6 Å². The van der Waals surface area contributed by atoms with Crippen molar-refractivity contribution in [1.82, 2.24) is 9.97 Å². The van der Waals surface area contributed by atoms with Crippen molar-refractivity contribution in [2.75, 3.05) is 0 Å². The van der Waals surface area contributed by atoms with Gasteiger partial charge >= 0.3 is 0 Å². The summed E-state index contributed by atoms with van der Waals surface area (Å²) in [5, 5.41) is 0. The van der Waals surface area contributed by atoms with Crippen LogP contribution >= 0.6 is 0 Å². The lowest BCUT2D eigenvalue weighted by atomic mass is 10.1. The van der Waals surface area contributed by atoms with Gasteiger partial charge in [-0.3, -0.25) is 9.59 Å². The zero-order valence-electron chi connectivity index (χ0n) is 8.57. The van der Waals surface area contributed by atoms with Crippen molar-refractivity contribution in [3.8, 4) is 0 Å². The van der Waals surface area contributed by atoms with Gasteiger partial charge in [0.25, 0.3) is 11.8 Å². The topological polar surface area (TPSA) is 115 Å². The summed E-state index contributed by atoms with van der Waals surface area (Å²) in [6.45, 7) is 1.75. The van der Waals surface area contributed by atoms with E-state index in [1.807, 2.05) is 0 Å². The molecule has 6 nitrogen and oxygen atoms in total. The van der Waals surface area contributed by atoms with Gasteiger partial charge in [0.05, 0.1) is 11.1 Å². The van der Waals surface area contributed by atoms with Crippen LogP contribution in [-0.2, 0) is 0 Å². The maximum absolute atomic E-state index is 11.3. The second-order valence-corrected chi connectivity index (χ2v) is 3.47. The molecule has 0 radical (unpaired) electrons. The highest BCUT2D eigenvalue weighted by Gasteiger charge is 2.15. The van der Waals surface area contributed by atoms with E-state index in [4.69, 9.17) is 11.5 Å². The number of aromatic nitrogens is 2. The Morgan fingerprint density at radius 1 is 1.25 bits per heavy atom. The third-order valence-corrected chi connectivity index (χ3v) is 2.34. The molecule has 0 unspecified atom stereocenters. The number of benzene rings is 1. The van der Waals surface area contributed by atoms with Gasteiger partial charge in [0, 0.05) is 0 Å². The molecule has 0 aliphatic heterocycles. The molecule has 1 heterocycles. The number of rotatable bonds is 2. The fourth-order valence-electron chi connectivity index (χ4n) is 1.60. The Morgan fingerprint density at radius 2 is 1.94 bits per heavy atom. The SMILES string of the molecule is Cc1ccc2[nH]c(C(N)=O)nc2c1C(N)=O. The summed E-state index contributed by atoms with van der Waals surface area (Å²) in [6, 6.07) is 3.45. The molecule has 0 saturated heterocycles. The Kier molecular flexibility index (Phi) is 2.12. The van der Waals surface area contributed by atoms with Gasteiger partial charge in [-0.1, -0.05) is 6.07 Å². The first-order chi connectivity index (χ1) is 7.50. The summed E-state index contributed by atoms with van der Waals surface area (Å²) in [7, 11) is 0. The van der Waals surface area contributed by atoms with E-state index in [-0.39, 0.29) is 5.82 Å². The summed E-state index contributed by atoms with van der Waals surface area (Å²) in [4.78, 5) is 28.9. The molecular weight excluding hydrogens is 208 g/mol. The molecule has 0 bridgehead atoms. The lowest BCUT2D eigenvalue weighted by Crippen LogP contribution is -2.14. The zero-order valence-corrected chi connectivity index (χ0v) is 8.57. The van der Waals surface area contributed by atoms with Gasteiger partial charge < -0.3 is 16.5 Å². The largest absolute Gasteiger partial charge is 0.366 e. The maximum atomic E-state index is 11.3. The van der Waals surface area contributed by atoms with Crippen LogP contribution in [0.5, 0.6) is 0 Å². The summed E-state index contributed by atoms with van der Waals surface area (Å²) in [5.41, 5.74) is 12.3. The third kappa shape index (κ3) is 1.40. The number of amides is 2. The summed E-state index contributed by atoms with van der Waals surface area (Å²) >= 11 is 0. The van der Waals surface area contributed by atoms with Gasteiger partial charge in [0.15, 0.2) is 5.82 Å². The molecule has 16 heavy (non-hydrogen) atoms. The summed E-state index contributed by atoms with van der Waals surface area (Å²) in [5.74, 6) is -1.24. The van der Waals surface area contributed by atoms with Crippen molar-refractivity contribution < 1.29 is 9.59 Å². The first kappa shape index (κ1) is 10.2. The summed E-state index contributed by atoms with van der Waals surface area (Å²) < 4.78 is 0. The molecule has 2 aromatic rings. The fourth-order valence-corrected chi connectivity index (χ4v) is 1.60. The number of nitrogens with one attached hydrogen (secondary N) is 1. The number of aryl methyl sites for hydroxylation is 1. The Bertz CT molecular complexity index is 600. The van der Waals surface area contributed by atoms with E-state index in [9.17, 15) is 9.59 Å². The molecule has 6 heteroatoms. The number of fused-ring (bicyclic) bond motifs is 1. The molecule has 2 amide bonds. The third-order valence-electron chi connectivity index (χ3n) is 2.34. The monoisotopic (exact) mass is 218 g/mol. The molecule has 5 N–H and O–H groups in total. The van der Waals surface area contributed by atoms with E-state index in [0.717, 1.165) is 0 Å². The van der Waals surface area contributed by atoms with Crippen molar-refractivity contribution in [3.63, 3.8) is 0 Å². The number of primary amides is 2. The number of imidazole rings is 1.